The Labute approximate surface area is 114 Å². The summed E-state index contributed by atoms with van der Waals surface area (Å²) in [6.07, 6.45) is 0. The van der Waals surface area contributed by atoms with Gasteiger partial charge in [-0.05, 0) is 19.9 Å². The number of nitrogens with zero attached hydrogens (tertiary/aromatic N) is 1. The van der Waals surface area contributed by atoms with E-state index in [1.54, 1.807) is 0 Å². The number of hydrogen-bond acceptors (Lipinski definition) is 4. The van der Waals surface area contributed by atoms with E-state index in [1.165, 1.54) is 13.8 Å². The first-order valence-electron chi connectivity index (χ1n) is 5.51. The van der Waals surface area contributed by atoms with Crippen LogP contribution in [0.15, 0.2) is 17.0 Å². The molecule has 0 radical (unpaired) electrons. The Kier molecular flexibility index (Phi) is 3.38. The Morgan fingerprint density at radius 1 is 1.30 bits per heavy atom. The van der Waals surface area contributed by atoms with Gasteiger partial charge in [0.25, 0.3) is 10.0 Å². The summed E-state index contributed by atoms with van der Waals surface area (Å²) in [4.78, 5) is -0.0966. The van der Waals surface area contributed by atoms with Crippen LogP contribution in [0.5, 0.6) is 0 Å². The maximum absolute atomic E-state index is 13.6. The smallest absolute Gasteiger partial charge is 0.265 e. The van der Waals surface area contributed by atoms with Gasteiger partial charge >= 0.3 is 0 Å². The minimum Gasteiger partial charge on any atom is -0.397 e. The van der Waals surface area contributed by atoms with Crippen molar-refractivity contribution in [1.29, 1.82) is 0 Å². The molecule has 0 amide bonds. The van der Waals surface area contributed by atoms with Crippen LogP contribution in [0.3, 0.4) is 0 Å². The summed E-state index contributed by atoms with van der Waals surface area (Å²) in [5.41, 5.74) is 5.13. The zero-order valence-corrected chi connectivity index (χ0v) is 11.5. The molecular formula is C11H12F2N4O2S. The number of aryl methyl sites for hydroxylation is 2. The van der Waals surface area contributed by atoms with Crippen molar-refractivity contribution < 1.29 is 17.2 Å². The van der Waals surface area contributed by atoms with E-state index in [-0.39, 0.29) is 16.3 Å². The lowest BCUT2D eigenvalue weighted by Crippen LogP contribution is -2.17. The summed E-state index contributed by atoms with van der Waals surface area (Å²) in [5, 5.41) is 6.27. The Hall–Kier alpha value is -2.16. The van der Waals surface area contributed by atoms with Gasteiger partial charge in [0, 0.05) is 6.07 Å². The first-order chi connectivity index (χ1) is 9.22. The van der Waals surface area contributed by atoms with E-state index in [0.29, 0.717) is 11.8 Å². The predicted octanol–water partition coefficient (Wildman–Crippen LogP) is 1.69. The predicted molar refractivity (Wildman–Crippen MR) is 69.6 cm³/mol. The van der Waals surface area contributed by atoms with Crippen LogP contribution in [-0.4, -0.2) is 18.6 Å². The van der Waals surface area contributed by atoms with Crippen molar-refractivity contribution in [3.05, 3.63) is 35.2 Å². The van der Waals surface area contributed by atoms with Gasteiger partial charge in [0.1, 0.15) is 16.4 Å². The van der Waals surface area contributed by atoms with Crippen molar-refractivity contribution in [3.8, 4) is 0 Å². The largest absolute Gasteiger partial charge is 0.397 e. The van der Waals surface area contributed by atoms with Crippen LogP contribution in [0.25, 0.3) is 0 Å². The molecule has 6 nitrogen and oxygen atoms in total. The average molecular weight is 302 g/mol. The van der Waals surface area contributed by atoms with Gasteiger partial charge in [0.2, 0.25) is 0 Å². The molecule has 2 aromatic rings. The van der Waals surface area contributed by atoms with Crippen LogP contribution in [0.4, 0.5) is 20.2 Å². The molecule has 2 rings (SSSR count). The van der Waals surface area contributed by atoms with Gasteiger partial charge in [-0.1, -0.05) is 0 Å². The van der Waals surface area contributed by atoms with Crippen LogP contribution in [0.1, 0.15) is 11.4 Å². The van der Waals surface area contributed by atoms with Crippen molar-refractivity contribution in [2.24, 2.45) is 0 Å². The molecule has 1 aromatic heterocycles. The first-order valence-corrected chi connectivity index (χ1v) is 6.99. The summed E-state index contributed by atoms with van der Waals surface area (Å²) >= 11 is 0. The second-order valence-corrected chi connectivity index (χ2v) is 5.84. The zero-order valence-electron chi connectivity index (χ0n) is 10.7. The van der Waals surface area contributed by atoms with E-state index in [1.807, 2.05) is 4.72 Å². The highest BCUT2D eigenvalue weighted by Crippen LogP contribution is 2.28. The number of anilines is 2. The van der Waals surface area contributed by atoms with Gasteiger partial charge < -0.3 is 5.73 Å². The zero-order chi connectivity index (χ0) is 15.1. The Morgan fingerprint density at radius 2 is 1.95 bits per heavy atom. The highest BCUT2D eigenvalue weighted by Gasteiger charge is 2.24. The Bertz CT molecular complexity index is 728. The molecule has 0 unspecified atom stereocenters. The van der Waals surface area contributed by atoms with E-state index in [2.05, 4.69) is 10.2 Å². The number of nitrogens with one attached hydrogen (secondary N) is 2. The van der Waals surface area contributed by atoms with E-state index in [0.717, 1.165) is 6.07 Å². The number of aromatic nitrogens is 2. The van der Waals surface area contributed by atoms with Crippen LogP contribution in [0.2, 0.25) is 0 Å². The molecule has 0 fully saturated rings. The maximum atomic E-state index is 13.6. The lowest BCUT2D eigenvalue weighted by Gasteiger charge is -2.11. The minimum absolute atomic E-state index is 0.0966. The van der Waals surface area contributed by atoms with Gasteiger partial charge in [-0.25, -0.2) is 17.2 Å². The second-order valence-electron chi connectivity index (χ2n) is 4.22. The number of sulfonamides is 1. The lowest BCUT2D eigenvalue weighted by atomic mass is 10.2. The fourth-order valence-corrected chi connectivity index (χ4v) is 3.29. The van der Waals surface area contributed by atoms with Crippen molar-refractivity contribution in [2.45, 2.75) is 18.7 Å². The molecule has 0 spiro atoms. The molecule has 108 valence electrons. The SMILES string of the molecule is Cc1n[nH]c(C)c1S(=O)(=O)Nc1c(N)cc(F)cc1F. The fraction of sp³-hybridized carbons (Fsp3) is 0.182. The summed E-state index contributed by atoms with van der Waals surface area (Å²) in [5.74, 6) is -1.98. The number of rotatable bonds is 3. The van der Waals surface area contributed by atoms with Crippen LogP contribution in [0, 0.1) is 25.5 Å². The van der Waals surface area contributed by atoms with E-state index >= 15 is 0 Å². The maximum Gasteiger partial charge on any atom is 0.265 e. The quantitative estimate of drug-likeness (QED) is 0.751. The molecular weight excluding hydrogens is 290 g/mol. The molecule has 0 aliphatic rings. The molecule has 1 aromatic carbocycles. The lowest BCUT2D eigenvalue weighted by molar-refractivity contribution is 0.583. The number of hydrogen-bond donors (Lipinski definition) is 3. The summed E-state index contributed by atoms with van der Waals surface area (Å²) in [6.45, 7) is 3.00. The average Bonchev–Trinajstić information content (AvgIpc) is 2.64. The third kappa shape index (κ3) is 2.44. The number of H-pyrrole nitrogens is 1. The van der Waals surface area contributed by atoms with Gasteiger partial charge in [0.15, 0.2) is 5.82 Å². The van der Waals surface area contributed by atoms with Gasteiger partial charge in [-0.2, -0.15) is 5.10 Å². The number of aromatic amines is 1. The highest BCUT2D eigenvalue weighted by atomic mass is 32.2. The third-order valence-electron chi connectivity index (χ3n) is 2.65. The molecule has 1 heterocycles. The first kappa shape index (κ1) is 14.3. The monoisotopic (exact) mass is 302 g/mol. The molecule has 0 aliphatic carbocycles. The molecule has 0 saturated carbocycles. The van der Waals surface area contributed by atoms with Crippen LogP contribution >= 0.6 is 0 Å². The van der Waals surface area contributed by atoms with Crippen LogP contribution in [-0.2, 0) is 10.0 Å². The molecule has 4 N–H and O–H groups in total. The number of nitrogens with two attached hydrogens (primary N) is 1. The summed E-state index contributed by atoms with van der Waals surface area (Å²) < 4.78 is 53.0. The van der Waals surface area contributed by atoms with Gasteiger partial charge in [0.05, 0.1) is 17.1 Å². The minimum atomic E-state index is -4.08. The van der Waals surface area contributed by atoms with E-state index < -0.39 is 27.3 Å². The number of benzene rings is 1. The summed E-state index contributed by atoms with van der Waals surface area (Å²) in [6, 6.07) is 1.37. The van der Waals surface area contributed by atoms with Crippen molar-refractivity contribution in [3.63, 3.8) is 0 Å². The highest BCUT2D eigenvalue weighted by molar-refractivity contribution is 7.92. The molecule has 0 bridgehead atoms. The topological polar surface area (TPSA) is 101 Å². The second kappa shape index (κ2) is 4.75. The standard InChI is InChI=1S/C11H12F2N4O2S/c1-5-11(6(2)16-15-5)20(18,19)17-10-8(13)3-7(12)4-9(10)14/h3-4,17H,14H2,1-2H3,(H,15,16). The van der Waals surface area contributed by atoms with E-state index in [4.69, 9.17) is 5.73 Å². The normalized spacial score (nSPS) is 11.6. The molecule has 0 aliphatic heterocycles. The van der Waals surface area contributed by atoms with E-state index in [9.17, 15) is 17.2 Å². The molecule has 0 atom stereocenters. The molecule has 9 heteroatoms. The fourth-order valence-electron chi connectivity index (χ4n) is 1.82. The van der Waals surface area contributed by atoms with Gasteiger partial charge in [-0.3, -0.25) is 9.82 Å². The van der Waals surface area contributed by atoms with Crippen molar-refractivity contribution >= 4 is 21.4 Å². The molecule has 20 heavy (non-hydrogen) atoms. The Balaban J connectivity index is 2.50. The van der Waals surface area contributed by atoms with Gasteiger partial charge in [-0.15, -0.1) is 0 Å². The number of nitrogen functional groups attached to an aromatic ring is 1. The van der Waals surface area contributed by atoms with Crippen molar-refractivity contribution in [2.75, 3.05) is 10.5 Å². The summed E-state index contributed by atoms with van der Waals surface area (Å²) in [7, 11) is -4.08. The van der Waals surface area contributed by atoms with Crippen LogP contribution < -0.4 is 10.5 Å². The Morgan fingerprint density at radius 3 is 2.45 bits per heavy atom. The molecule has 0 saturated heterocycles. The number of halogens is 2. The third-order valence-corrected chi connectivity index (χ3v) is 4.26. The van der Waals surface area contributed by atoms with Crippen molar-refractivity contribution in [1.82, 2.24) is 10.2 Å².